The van der Waals surface area contributed by atoms with Gasteiger partial charge in [0.25, 0.3) is 0 Å². The van der Waals surface area contributed by atoms with Crippen LogP contribution in [0.5, 0.6) is 11.5 Å². The van der Waals surface area contributed by atoms with Crippen molar-refractivity contribution in [1.82, 2.24) is 0 Å². The lowest BCUT2D eigenvalue weighted by molar-refractivity contribution is 0.0142. The molecule has 8 unspecified atom stereocenters. The number of unbranched alkanes of at least 4 members (excludes halogenated alkanes) is 2. The van der Waals surface area contributed by atoms with Crippen molar-refractivity contribution in [2.24, 2.45) is 5.92 Å². The normalized spacial score (nSPS) is 13.2. The molecule has 0 fully saturated rings. The molecular formula is C70H140O12. The third-order valence-electron chi connectivity index (χ3n) is 12.3. The fourth-order valence-electron chi connectivity index (χ4n) is 4.61. The summed E-state index contributed by atoms with van der Waals surface area (Å²) in [5.41, 5.74) is 0. The summed E-state index contributed by atoms with van der Waals surface area (Å²) in [6.07, 6.45) is 20.7. The molecule has 8 atom stereocenters. The van der Waals surface area contributed by atoms with E-state index in [2.05, 4.69) is 132 Å². The van der Waals surface area contributed by atoms with Gasteiger partial charge in [-0.25, -0.2) is 0 Å². The lowest BCUT2D eigenvalue weighted by atomic mass is 10.2. The van der Waals surface area contributed by atoms with Crippen LogP contribution in [0.3, 0.4) is 0 Å². The van der Waals surface area contributed by atoms with Gasteiger partial charge in [0, 0.05) is 27.4 Å². The smallest absolute Gasteiger partial charge is 0.119 e. The van der Waals surface area contributed by atoms with Crippen molar-refractivity contribution in [3.63, 3.8) is 0 Å². The van der Waals surface area contributed by atoms with Crippen LogP contribution in [0.1, 0.15) is 229 Å². The summed E-state index contributed by atoms with van der Waals surface area (Å²) in [4.78, 5) is 0. The van der Waals surface area contributed by atoms with Gasteiger partial charge in [0.05, 0.1) is 102 Å². The zero-order valence-corrected chi connectivity index (χ0v) is 58.3. The third-order valence-corrected chi connectivity index (χ3v) is 12.3. The Labute approximate surface area is 510 Å². The highest BCUT2D eigenvalue weighted by molar-refractivity contribution is 5.21. The van der Waals surface area contributed by atoms with Crippen LogP contribution < -0.4 is 9.47 Å². The Morgan fingerprint density at radius 1 is 0.402 bits per heavy atom. The van der Waals surface area contributed by atoms with Gasteiger partial charge >= 0.3 is 0 Å². The molecule has 0 saturated heterocycles. The molecule has 492 valence electrons. The lowest BCUT2D eigenvalue weighted by Crippen LogP contribution is -2.13. The Bertz CT molecular complexity index is 1350. The van der Waals surface area contributed by atoms with Gasteiger partial charge < -0.3 is 57.2 Å². The van der Waals surface area contributed by atoms with E-state index >= 15 is 0 Å². The van der Waals surface area contributed by atoms with Gasteiger partial charge in [-0.2, -0.15) is 0 Å². The highest BCUT2D eigenvalue weighted by Crippen LogP contribution is 2.12. The standard InChI is InChI=1S/C12H18O2.C10H14O.C9H20O.C8H18O2.C8H16O.C7H16O2.C6H14O2.C5H12O.C5H12/c1-3-11(2)13-9-10-14-12-7-5-4-6-8-12;1-3-9(2)11-10-7-5-4-6-8-10;1-4-6-7-8-10-9(3)5-2;1-4-8(3)10-7-6-9-5-2;1-4-6-7-9-8(3)5-2;1-4-7(2)9-6-5-8-3;1-3-6(2)8-5-4-7;1-4-5(2)6-3;1-4-5(2)3/h4-8,11H,3,9-10H2,1-2H3;4-9H,3H2,1-2H3;9H,4-8H2,1-3H3;8H,4-7H2,1-3H3;4,6,8H,5,7H2,1-3H3;7H,4-6H2,1-3H3;6-7H,3-5H2,1-2H3;5H,4H2,1-3H3;5H,4H2,1-3H3/b;;;;6-4+;;;;. The van der Waals surface area contributed by atoms with Gasteiger partial charge in [-0.05, 0) is 157 Å². The maximum absolute atomic E-state index is 8.29. The van der Waals surface area contributed by atoms with Crippen molar-refractivity contribution in [2.45, 2.75) is 278 Å². The van der Waals surface area contributed by atoms with Crippen LogP contribution in [0.15, 0.2) is 72.8 Å². The van der Waals surface area contributed by atoms with Gasteiger partial charge in [0.2, 0.25) is 0 Å². The number of ether oxygens (including phenoxy) is 11. The molecule has 0 amide bonds. The van der Waals surface area contributed by atoms with E-state index in [4.69, 9.17) is 57.2 Å². The molecule has 0 aromatic heterocycles. The van der Waals surface area contributed by atoms with E-state index in [0.29, 0.717) is 81.9 Å². The average Bonchev–Trinajstić information content (AvgIpc) is 3.51. The highest BCUT2D eigenvalue weighted by atomic mass is 16.5. The second-order valence-corrected chi connectivity index (χ2v) is 20.3. The Hall–Kier alpha value is -2.62. The van der Waals surface area contributed by atoms with Crippen LogP contribution in [0, 0.1) is 5.92 Å². The molecule has 0 heterocycles. The third kappa shape index (κ3) is 91.1. The number of methoxy groups -OCH3 is 2. The largest absolute Gasteiger partial charge is 0.491 e. The molecule has 0 aliphatic carbocycles. The van der Waals surface area contributed by atoms with E-state index in [1.54, 1.807) is 14.2 Å². The molecule has 0 saturated carbocycles. The van der Waals surface area contributed by atoms with Crippen molar-refractivity contribution >= 4 is 0 Å². The van der Waals surface area contributed by atoms with Crippen molar-refractivity contribution in [3.8, 4) is 11.5 Å². The maximum atomic E-state index is 8.29. The first-order valence-corrected chi connectivity index (χ1v) is 32.2. The Balaban J connectivity index is -0.000000156. The number of para-hydroxylation sites is 2. The molecule has 0 radical (unpaired) electrons. The van der Waals surface area contributed by atoms with E-state index in [9.17, 15) is 0 Å². The Kier molecular flexibility index (Phi) is 91.3. The van der Waals surface area contributed by atoms with Crippen molar-refractivity contribution in [1.29, 1.82) is 0 Å². The molecule has 12 heteroatoms. The lowest BCUT2D eigenvalue weighted by Gasteiger charge is -2.11. The molecule has 1 N–H and O–H groups in total. The fraction of sp³-hybridized carbons (Fsp3) is 0.800. The predicted molar refractivity (Wildman–Crippen MR) is 355 cm³/mol. The van der Waals surface area contributed by atoms with Gasteiger partial charge in [0.1, 0.15) is 18.1 Å². The second kappa shape index (κ2) is 80.4. The number of aliphatic hydroxyl groups excluding tert-OH is 1. The first-order valence-electron chi connectivity index (χ1n) is 32.2. The minimum absolute atomic E-state index is 0.129. The molecular weight excluding hydrogens is 1030 g/mol. The molecule has 0 spiro atoms. The maximum Gasteiger partial charge on any atom is 0.119 e. The SMILES string of the molecule is C/C=C/COC(C)CC.CCC(C)C.CCC(C)OC.CCC(C)OCCO.CCC(C)OCCOC.CCC(C)OCCOc1ccccc1.CCC(C)Oc1ccccc1.CCCCCOC(C)CC.CCOCCOC(C)CC. The first kappa shape index (κ1) is 93.1. The summed E-state index contributed by atoms with van der Waals surface area (Å²) in [6.45, 7) is 53.5. The van der Waals surface area contributed by atoms with Crippen molar-refractivity contribution in [2.75, 3.05) is 86.9 Å². The molecule has 0 aliphatic rings. The van der Waals surface area contributed by atoms with E-state index in [0.717, 1.165) is 102 Å². The van der Waals surface area contributed by atoms with E-state index < -0.39 is 0 Å². The second-order valence-electron chi connectivity index (χ2n) is 20.3. The molecule has 2 aromatic rings. The highest BCUT2D eigenvalue weighted by Gasteiger charge is 2.01. The Morgan fingerprint density at radius 3 is 1.12 bits per heavy atom. The van der Waals surface area contributed by atoms with Gasteiger partial charge in [-0.1, -0.05) is 151 Å². The van der Waals surface area contributed by atoms with Gasteiger partial charge in [-0.15, -0.1) is 0 Å². The topological polar surface area (TPSA) is 122 Å². The molecule has 2 rings (SSSR count). The number of hydrogen-bond acceptors (Lipinski definition) is 12. The first-order chi connectivity index (χ1) is 39.3. The average molecular weight is 1170 g/mol. The number of allylic oxidation sites excluding steroid dienone is 1. The van der Waals surface area contributed by atoms with Crippen LogP contribution in [0.2, 0.25) is 0 Å². The van der Waals surface area contributed by atoms with Crippen LogP contribution in [0.4, 0.5) is 0 Å². The van der Waals surface area contributed by atoms with E-state index in [1.807, 2.05) is 93.6 Å². The molecule has 12 nitrogen and oxygen atoms in total. The fourth-order valence-corrected chi connectivity index (χ4v) is 4.61. The summed E-state index contributed by atoms with van der Waals surface area (Å²) in [5.74, 6) is 2.75. The van der Waals surface area contributed by atoms with Crippen LogP contribution >= 0.6 is 0 Å². The minimum Gasteiger partial charge on any atom is -0.491 e. The molecule has 2 aromatic carbocycles. The summed E-state index contributed by atoms with van der Waals surface area (Å²) in [5, 5.41) is 8.29. The molecule has 82 heavy (non-hydrogen) atoms. The van der Waals surface area contributed by atoms with Gasteiger partial charge in [-0.3, -0.25) is 0 Å². The van der Waals surface area contributed by atoms with Crippen LogP contribution in [-0.2, 0) is 42.6 Å². The number of benzene rings is 2. The molecule has 0 aliphatic heterocycles. The quantitative estimate of drug-likeness (QED) is 0.0512. The summed E-state index contributed by atoms with van der Waals surface area (Å²) >= 11 is 0. The molecule has 0 bridgehead atoms. The van der Waals surface area contributed by atoms with Crippen LogP contribution in [0.25, 0.3) is 0 Å². The minimum atomic E-state index is 0.129. The summed E-state index contributed by atoms with van der Waals surface area (Å²) in [7, 11) is 3.41. The summed E-state index contributed by atoms with van der Waals surface area (Å²) < 4.78 is 57.9. The Morgan fingerprint density at radius 2 is 0.780 bits per heavy atom. The number of rotatable bonds is 37. The van der Waals surface area contributed by atoms with E-state index in [1.165, 1.54) is 25.7 Å². The predicted octanol–water partition coefficient (Wildman–Crippen LogP) is 18.7. The zero-order chi connectivity index (χ0) is 63.9. The summed E-state index contributed by atoms with van der Waals surface area (Å²) in [6, 6.07) is 19.7. The van der Waals surface area contributed by atoms with E-state index in [-0.39, 0.29) is 6.61 Å². The monoisotopic (exact) mass is 1170 g/mol. The van der Waals surface area contributed by atoms with Crippen molar-refractivity contribution in [3.05, 3.63) is 72.8 Å². The zero-order valence-electron chi connectivity index (χ0n) is 58.3. The van der Waals surface area contributed by atoms with Gasteiger partial charge in [0.15, 0.2) is 0 Å². The van der Waals surface area contributed by atoms with Crippen molar-refractivity contribution < 1.29 is 57.2 Å². The number of aliphatic hydroxyl groups is 1. The number of hydrogen-bond donors (Lipinski definition) is 1. The van der Waals surface area contributed by atoms with Crippen LogP contribution in [-0.4, -0.2) is 141 Å².